The summed E-state index contributed by atoms with van der Waals surface area (Å²) in [7, 11) is 0. The van der Waals surface area contributed by atoms with E-state index in [0.29, 0.717) is 5.92 Å². The Balaban J connectivity index is 4.43. The van der Waals surface area contributed by atoms with E-state index in [1.807, 2.05) is 0 Å². The van der Waals surface area contributed by atoms with Crippen LogP contribution in [0.2, 0.25) is 0 Å². The molecule has 0 aliphatic rings. The fraction of sp³-hybridized carbons (Fsp3) is 0.571. The molecule has 0 aromatic heterocycles. The third kappa shape index (κ3) is 5.06. The normalized spacial score (nSPS) is 15.6. The van der Waals surface area contributed by atoms with Crippen molar-refractivity contribution in [3.05, 3.63) is 36.0 Å². The van der Waals surface area contributed by atoms with Gasteiger partial charge in [0.1, 0.15) is 0 Å². The van der Waals surface area contributed by atoms with Crippen LogP contribution in [0.15, 0.2) is 36.0 Å². The minimum atomic E-state index is 0.706. The van der Waals surface area contributed by atoms with E-state index in [1.54, 1.807) is 0 Å². The SMILES string of the molecule is C/C=C\CC(CCC)C(/C=C\C)=C/C. The van der Waals surface area contributed by atoms with Crippen molar-refractivity contribution in [3.63, 3.8) is 0 Å². The largest absolute Gasteiger partial charge is 0.0916 e. The maximum absolute atomic E-state index is 2.27. The second-order valence-corrected chi connectivity index (χ2v) is 3.58. The molecule has 0 bridgehead atoms. The fourth-order valence-electron chi connectivity index (χ4n) is 1.73. The Labute approximate surface area is 89.4 Å². The monoisotopic (exact) mass is 192 g/mol. The van der Waals surface area contributed by atoms with Gasteiger partial charge in [0.05, 0.1) is 0 Å². The van der Waals surface area contributed by atoms with Gasteiger partial charge in [-0.3, -0.25) is 0 Å². The summed E-state index contributed by atoms with van der Waals surface area (Å²) in [5.74, 6) is 0.706. The van der Waals surface area contributed by atoms with Crippen LogP contribution in [0.5, 0.6) is 0 Å². The van der Waals surface area contributed by atoms with Gasteiger partial charge in [-0.15, -0.1) is 0 Å². The lowest BCUT2D eigenvalue weighted by Gasteiger charge is -2.15. The van der Waals surface area contributed by atoms with Gasteiger partial charge in [-0.05, 0) is 45.1 Å². The number of hydrogen-bond acceptors (Lipinski definition) is 0. The van der Waals surface area contributed by atoms with Crippen molar-refractivity contribution < 1.29 is 0 Å². The zero-order chi connectivity index (χ0) is 10.8. The molecule has 0 heterocycles. The van der Waals surface area contributed by atoms with Gasteiger partial charge in [0, 0.05) is 0 Å². The van der Waals surface area contributed by atoms with Gasteiger partial charge < -0.3 is 0 Å². The topological polar surface area (TPSA) is 0 Å². The van der Waals surface area contributed by atoms with Crippen LogP contribution in [-0.4, -0.2) is 0 Å². The Hall–Kier alpha value is -0.780. The van der Waals surface area contributed by atoms with E-state index < -0.39 is 0 Å². The van der Waals surface area contributed by atoms with Crippen LogP contribution in [0.1, 0.15) is 47.0 Å². The predicted molar refractivity (Wildman–Crippen MR) is 66.4 cm³/mol. The Kier molecular flexibility index (Phi) is 8.31. The molecule has 0 aliphatic heterocycles. The second-order valence-electron chi connectivity index (χ2n) is 3.58. The van der Waals surface area contributed by atoms with Crippen LogP contribution in [0.3, 0.4) is 0 Å². The summed E-state index contributed by atoms with van der Waals surface area (Å²) in [5, 5.41) is 0. The number of hydrogen-bond donors (Lipinski definition) is 0. The molecule has 0 saturated heterocycles. The van der Waals surface area contributed by atoms with Crippen LogP contribution in [-0.2, 0) is 0 Å². The van der Waals surface area contributed by atoms with Gasteiger partial charge in [-0.2, -0.15) is 0 Å². The molecule has 14 heavy (non-hydrogen) atoms. The summed E-state index contributed by atoms with van der Waals surface area (Å²) in [6.45, 7) is 8.56. The highest BCUT2D eigenvalue weighted by Crippen LogP contribution is 2.22. The molecule has 0 N–H and O–H groups in total. The average molecular weight is 192 g/mol. The van der Waals surface area contributed by atoms with E-state index >= 15 is 0 Å². The molecule has 0 spiro atoms. The number of rotatable bonds is 6. The summed E-state index contributed by atoms with van der Waals surface area (Å²) < 4.78 is 0. The molecule has 0 heteroatoms. The van der Waals surface area contributed by atoms with Crippen LogP contribution in [0.4, 0.5) is 0 Å². The van der Waals surface area contributed by atoms with E-state index in [2.05, 4.69) is 58.1 Å². The van der Waals surface area contributed by atoms with Gasteiger partial charge in [0.25, 0.3) is 0 Å². The van der Waals surface area contributed by atoms with Crippen molar-refractivity contribution in [2.45, 2.75) is 47.0 Å². The maximum atomic E-state index is 2.27. The minimum absolute atomic E-state index is 0.706. The maximum Gasteiger partial charge on any atom is -0.0131 e. The van der Waals surface area contributed by atoms with Crippen molar-refractivity contribution >= 4 is 0 Å². The molecule has 0 rings (SSSR count). The summed E-state index contributed by atoms with van der Waals surface area (Å²) in [5.41, 5.74) is 1.48. The van der Waals surface area contributed by atoms with Crippen molar-refractivity contribution in [1.29, 1.82) is 0 Å². The first-order chi connectivity index (χ1) is 6.79. The standard InChI is InChI=1S/C14H24/c1-5-9-12-14(11-7-3)13(8-4)10-6-2/h5-6,8-10,14H,7,11-12H2,1-4H3/b9-5-,10-6-,13-8+. The smallest absolute Gasteiger partial charge is 0.0131 e. The Morgan fingerprint density at radius 2 is 1.86 bits per heavy atom. The lowest BCUT2D eigenvalue weighted by molar-refractivity contribution is 0.567. The van der Waals surface area contributed by atoms with Gasteiger partial charge in [-0.25, -0.2) is 0 Å². The molecular weight excluding hydrogens is 168 g/mol. The van der Waals surface area contributed by atoms with Crippen LogP contribution in [0.25, 0.3) is 0 Å². The highest BCUT2D eigenvalue weighted by Gasteiger charge is 2.08. The molecule has 1 atom stereocenters. The van der Waals surface area contributed by atoms with Gasteiger partial charge >= 0.3 is 0 Å². The van der Waals surface area contributed by atoms with Crippen LogP contribution < -0.4 is 0 Å². The molecule has 0 aromatic rings. The summed E-state index contributed by atoms with van der Waals surface area (Å²) in [6, 6.07) is 0. The molecule has 0 aliphatic carbocycles. The lowest BCUT2D eigenvalue weighted by Crippen LogP contribution is -2.01. The van der Waals surface area contributed by atoms with Crippen molar-refractivity contribution in [2.24, 2.45) is 5.92 Å². The van der Waals surface area contributed by atoms with E-state index in [4.69, 9.17) is 0 Å². The molecule has 1 unspecified atom stereocenters. The fourth-order valence-corrected chi connectivity index (χ4v) is 1.73. The van der Waals surface area contributed by atoms with E-state index in [9.17, 15) is 0 Å². The quantitative estimate of drug-likeness (QED) is 0.415. The molecular formula is C14H24. The van der Waals surface area contributed by atoms with Crippen molar-refractivity contribution in [3.8, 4) is 0 Å². The van der Waals surface area contributed by atoms with Gasteiger partial charge in [-0.1, -0.05) is 43.7 Å². The zero-order valence-corrected chi connectivity index (χ0v) is 10.1. The zero-order valence-electron chi connectivity index (χ0n) is 10.1. The first-order valence-corrected chi connectivity index (χ1v) is 5.70. The van der Waals surface area contributed by atoms with E-state index in [-0.39, 0.29) is 0 Å². The van der Waals surface area contributed by atoms with Gasteiger partial charge in [0.15, 0.2) is 0 Å². The Morgan fingerprint density at radius 3 is 2.29 bits per heavy atom. The van der Waals surface area contributed by atoms with Gasteiger partial charge in [0.2, 0.25) is 0 Å². The van der Waals surface area contributed by atoms with Crippen molar-refractivity contribution in [1.82, 2.24) is 0 Å². The molecule has 0 amide bonds. The minimum Gasteiger partial charge on any atom is -0.0916 e. The molecule has 0 saturated carbocycles. The highest BCUT2D eigenvalue weighted by molar-refractivity contribution is 5.21. The second kappa shape index (κ2) is 8.80. The molecule has 0 radical (unpaired) electrons. The first kappa shape index (κ1) is 13.2. The Morgan fingerprint density at radius 1 is 1.14 bits per heavy atom. The lowest BCUT2D eigenvalue weighted by atomic mass is 9.90. The molecule has 0 aromatic carbocycles. The van der Waals surface area contributed by atoms with E-state index in [0.717, 1.165) is 0 Å². The van der Waals surface area contributed by atoms with Crippen LogP contribution >= 0.6 is 0 Å². The average Bonchev–Trinajstić information content (AvgIpc) is 2.21. The number of allylic oxidation sites excluding steroid dienone is 6. The summed E-state index contributed by atoms with van der Waals surface area (Å²) in [6.07, 6.45) is 14.8. The predicted octanol–water partition coefficient (Wildman–Crippen LogP) is 4.89. The molecule has 80 valence electrons. The molecule has 0 fully saturated rings. The van der Waals surface area contributed by atoms with Crippen molar-refractivity contribution in [2.75, 3.05) is 0 Å². The third-order valence-corrected chi connectivity index (χ3v) is 2.46. The highest BCUT2D eigenvalue weighted by atomic mass is 14.1. The Bertz CT molecular complexity index is 206. The summed E-state index contributed by atoms with van der Waals surface area (Å²) >= 11 is 0. The first-order valence-electron chi connectivity index (χ1n) is 5.70. The third-order valence-electron chi connectivity index (χ3n) is 2.46. The van der Waals surface area contributed by atoms with Crippen LogP contribution in [0, 0.1) is 5.92 Å². The molecule has 0 nitrogen and oxygen atoms in total. The van der Waals surface area contributed by atoms with E-state index in [1.165, 1.54) is 24.8 Å². The summed E-state index contributed by atoms with van der Waals surface area (Å²) in [4.78, 5) is 0.